The lowest BCUT2D eigenvalue weighted by molar-refractivity contribution is 0.0592. The summed E-state index contributed by atoms with van der Waals surface area (Å²) >= 11 is 0. The highest BCUT2D eigenvalue weighted by Crippen LogP contribution is 2.38. The number of methoxy groups -OCH3 is 1. The predicted octanol–water partition coefficient (Wildman–Crippen LogP) is -0.125. The Hall–Kier alpha value is -2.29. The summed E-state index contributed by atoms with van der Waals surface area (Å²) in [5, 5.41) is 11.7. The van der Waals surface area contributed by atoms with Gasteiger partial charge in [-0.15, -0.1) is 5.10 Å². The van der Waals surface area contributed by atoms with Crippen LogP contribution in [0, 0.1) is 0 Å². The van der Waals surface area contributed by atoms with Crippen LogP contribution in [-0.2, 0) is 17.7 Å². The van der Waals surface area contributed by atoms with Crippen LogP contribution in [0.15, 0.2) is 4.52 Å². The summed E-state index contributed by atoms with van der Waals surface area (Å²) in [6.07, 6.45) is 2.65. The maximum absolute atomic E-state index is 11.6. The fourth-order valence-corrected chi connectivity index (χ4v) is 2.06. The van der Waals surface area contributed by atoms with E-state index in [1.165, 1.54) is 7.11 Å². The molecule has 0 spiro atoms. The number of hydrogen-bond donors (Lipinski definition) is 1. The number of nitrogens with zero attached hydrogens (tertiary/aromatic N) is 5. The molecule has 3 rings (SSSR count). The smallest absolute Gasteiger partial charge is 0.360 e. The van der Waals surface area contributed by atoms with E-state index >= 15 is 0 Å². The van der Waals surface area contributed by atoms with Crippen molar-refractivity contribution in [1.29, 1.82) is 0 Å². The lowest BCUT2D eigenvalue weighted by Crippen LogP contribution is -2.15. The highest BCUT2D eigenvalue weighted by Gasteiger charge is 2.30. The Morgan fingerprint density at radius 2 is 2.33 bits per heavy atom. The number of ether oxygens (including phenoxy) is 1. The van der Waals surface area contributed by atoms with Crippen molar-refractivity contribution in [3.63, 3.8) is 0 Å². The molecule has 2 heterocycles. The summed E-state index contributed by atoms with van der Waals surface area (Å²) in [4.78, 5) is 16.0. The van der Waals surface area contributed by atoms with Crippen LogP contribution in [-0.4, -0.2) is 44.8 Å². The fourth-order valence-electron chi connectivity index (χ4n) is 2.06. The third kappa shape index (κ3) is 2.77. The van der Waals surface area contributed by atoms with Crippen LogP contribution in [0.4, 0.5) is 0 Å². The molecule has 0 saturated heterocycles. The van der Waals surface area contributed by atoms with E-state index in [-0.39, 0.29) is 12.2 Å². The van der Waals surface area contributed by atoms with E-state index in [1.807, 2.05) is 0 Å². The molecule has 0 aromatic carbocycles. The van der Waals surface area contributed by atoms with Gasteiger partial charge >= 0.3 is 5.97 Å². The van der Waals surface area contributed by atoms with E-state index < -0.39 is 5.97 Å². The zero-order chi connectivity index (χ0) is 14.8. The lowest BCUT2D eigenvalue weighted by atomic mass is 10.2. The van der Waals surface area contributed by atoms with Crippen molar-refractivity contribution in [2.24, 2.45) is 5.73 Å². The van der Waals surface area contributed by atoms with Crippen LogP contribution in [0.5, 0.6) is 0 Å². The standard InChI is InChI=1S/C12H16N6O3/c1-20-12(19)10-8(4-5-13)18(17-15-10)6-9-14-11(21-16-9)7-2-3-7/h7H,2-6,13H2,1H3. The van der Waals surface area contributed by atoms with Gasteiger partial charge in [0, 0.05) is 12.3 Å². The Kier molecular flexibility index (Phi) is 3.65. The molecule has 0 amide bonds. The number of carbonyl (C=O) groups excluding carboxylic acids is 1. The third-order valence-corrected chi connectivity index (χ3v) is 3.30. The van der Waals surface area contributed by atoms with Gasteiger partial charge in [-0.1, -0.05) is 10.4 Å². The van der Waals surface area contributed by atoms with Crippen molar-refractivity contribution in [1.82, 2.24) is 25.1 Å². The normalized spacial score (nSPS) is 14.4. The van der Waals surface area contributed by atoms with Gasteiger partial charge in [0.1, 0.15) is 6.54 Å². The quantitative estimate of drug-likeness (QED) is 0.731. The predicted molar refractivity (Wildman–Crippen MR) is 69.5 cm³/mol. The summed E-state index contributed by atoms with van der Waals surface area (Å²) in [6, 6.07) is 0. The number of nitrogens with two attached hydrogens (primary N) is 1. The summed E-state index contributed by atoms with van der Waals surface area (Å²) in [5.41, 5.74) is 6.36. The highest BCUT2D eigenvalue weighted by atomic mass is 16.5. The van der Waals surface area contributed by atoms with Crippen molar-refractivity contribution in [2.45, 2.75) is 31.7 Å². The molecule has 0 radical (unpaired) electrons. The second kappa shape index (κ2) is 5.60. The number of aromatic nitrogens is 5. The largest absolute Gasteiger partial charge is 0.464 e. The van der Waals surface area contributed by atoms with Crippen LogP contribution in [0.25, 0.3) is 0 Å². The minimum atomic E-state index is -0.531. The van der Waals surface area contributed by atoms with Crippen LogP contribution >= 0.6 is 0 Å². The van der Waals surface area contributed by atoms with E-state index in [1.54, 1.807) is 4.68 Å². The lowest BCUT2D eigenvalue weighted by Gasteiger charge is -2.03. The monoisotopic (exact) mass is 292 g/mol. The van der Waals surface area contributed by atoms with Crippen molar-refractivity contribution in [3.05, 3.63) is 23.1 Å². The number of rotatable bonds is 6. The van der Waals surface area contributed by atoms with E-state index in [2.05, 4.69) is 25.2 Å². The van der Waals surface area contributed by atoms with E-state index in [9.17, 15) is 4.79 Å². The van der Waals surface area contributed by atoms with Gasteiger partial charge in [-0.25, -0.2) is 9.48 Å². The molecule has 9 heteroatoms. The van der Waals surface area contributed by atoms with Gasteiger partial charge in [0.25, 0.3) is 0 Å². The van der Waals surface area contributed by atoms with Crippen molar-refractivity contribution in [2.75, 3.05) is 13.7 Å². The first-order valence-corrected chi connectivity index (χ1v) is 6.76. The van der Waals surface area contributed by atoms with Crippen LogP contribution < -0.4 is 5.73 Å². The Morgan fingerprint density at radius 1 is 1.52 bits per heavy atom. The summed E-state index contributed by atoms with van der Waals surface area (Å²) in [5.74, 6) is 1.04. The molecule has 2 N–H and O–H groups in total. The molecule has 2 aromatic rings. The molecule has 0 atom stereocenters. The minimum absolute atomic E-state index is 0.175. The van der Waals surface area contributed by atoms with Crippen LogP contribution in [0.2, 0.25) is 0 Å². The summed E-state index contributed by atoms with van der Waals surface area (Å²) in [6.45, 7) is 0.659. The summed E-state index contributed by atoms with van der Waals surface area (Å²) in [7, 11) is 1.30. The molecule has 112 valence electrons. The van der Waals surface area contributed by atoms with E-state index in [0.29, 0.717) is 36.3 Å². The SMILES string of the molecule is COC(=O)c1nnn(Cc2noc(C3CC3)n2)c1CCN. The molecular weight excluding hydrogens is 276 g/mol. The van der Waals surface area contributed by atoms with Gasteiger partial charge < -0.3 is 15.0 Å². The van der Waals surface area contributed by atoms with Gasteiger partial charge in [0.2, 0.25) is 5.89 Å². The molecule has 21 heavy (non-hydrogen) atoms. The molecule has 2 aromatic heterocycles. The highest BCUT2D eigenvalue weighted by molar-refractivity contribution is 5.88. The number of hydrogen-bond acceptors (Lipinski definition) is 8. The molecular formula is C12H16N6O3. The Morgan fingerprint density at radius 3 is 3.00 bits per heavy atom. The third-order valence-electron chi connectivity index (χ3n) is 3.30. The first-order valence-electron chi connectivity index (χ1n) is 6.76. The molecule has 9 nitrogen and oxygen atoms in total. The van der Waals surface area contributed by atoms with Gasteiger partial charge in [0.15, 0.2) is 11.5 Å². The second-order valence-electron chi connectivity index (χ2n) is 4.90. The molecule has 0 bridgehead atoms. The Labute approximate surface area is 120 Å². The number of esters is 1. The number of carbonyl (C=O) groups is 1. The average molecular weight is 292 g/mol. The van der Waals surface area contributed by atoms with Gasteiger partial charge in [-0.2, -0.15) is 4.98 Å². The van der Waals surface area contributed by atoms with Crippen LogP contribution in [0.1, 0.15) is 46.7 Å². The van der Waals surface area contributed by atoms with Crippen molar-refractivity contribution >= 4 is 5.97 Å². The zero-order valence-electron chi connectivity index (χ0n) is 11.7. The average Bonchev–Trinajstić information content (AvgIpc) is 3.12. The van der Waals surface area contributed by atoms with E-state index in [4.69, 9.17) is 10.3 Å². The molecule has 1 saturated carbocycles. The molecule has 1 fully saturated rings. The molecule has 1 aliphatic rings. The topological polar surface area (TPSA) is 122 Å². The second-order valence-corrected chi connectivity index (χ2v) is 4.90. The minimum Gasteiger partial charge on any atom is -0.464 e. The Balaban J connectivity index is 1.82. The van der Waals surface area contributed by atoms with Crippen LogP contribution in [0.3, 0.4) is 0 Å². The first kappa shape index (κ1) is 13.7. The van der Waals surface area contributed by atoms with Gasteiger partial charge in [-0.3, -0.25) is 0 Å². The molecule has 0 aliphatic heterocycles. The molecule has 0 unspecified atom stereocenters. The first-order chi connectivity index (χ1) is 10.2. The fraction of sp³-hybridized carbons (Fsp3) is 0.583. The molecule has 1 aliphatic carbocycles. The van der Waals surface area contributed by atoms with Gasteiger partial charge in [-0.05, 0) is 19.4 Å². The maximum Gasteiger partial charge on any atom is 0.360 e. The zero-order valence-corrected chi connectivity index (χ0v) is 11.7. The summed E-state index contributed by atoms with van der Waals surface area (Å²) < 4.78 is 11.4. The van der Waals surface area contributed by atoms with Crippen molar-refractivity contribution < 1.29 is 14.1 Å². The van der Waals surface area contributed by atoms with Crippen molar-refractivity contribution in [3.8, 4) is 0 Å². The maximum atomic E-state index is 11.6. The van der Waals surface area contributed by atoms with E-state index in [0.717, 1.165) is 12.8 Å². The Bertz CT molecular complexity index is 645. The van der Waals surface area contributed by atoms with Gasteiger partial charge in [0.05, 0.1) is 12.8 Å².